The van der Waals surface area contributed by atoms with Crippen LogP contribution in [0.25, 0.3) is 28.1 Å². The van der Waals surface area contributed by atoms with Crippen LogP contribution in [0.4, 0.5) is 0 Å². The topological polar surface area (TPSA) is 88.2 Å². The molecule has 4 aromatic rings. The number of piperidine rings is 1. The fourth-order valence-electron chi connectivity index (χ4n) is 4.64. The summed E-state index contributed by atoms with van der Waals surface area (Å²) in [5, 5.41) is 9.67. The molecule has 0 saturated carbocycles. The zero-order chi connectivity index (χ0) is 25.8. The number of hydrogen-bond acceptors (Lipinski definition) is 5. The van der Waals surface area contributed by atoms with Crippen molar-refractivity contribution in [1.82, 2.24) is 14.5 Å². The number of aromatic nitrogens is 2. The molecule has 184 valence electrons. The Morgan fingerprint density at radius 3 is 2.51 bits per heavy atom. The number of nitrogens with zero attached hydrogens (tertiary/aromatic N) is 4. The van der Waals surface area contributed by atoms with E-state index in [0.29, 0.717) is 41.2 Å². The Balaban J connectivity index is 1.55. The van der Waals surface area contributed by atoms with Crippen molar-refractivity contribution in [3.05, 3.63) is 101 Å². The highest BCUT2D eigenvalue weighted by Crippen LogP contribution is 2.27. The SMILES string of the molecule is CC(=O)N1CCC(Oc2cccc(-n3cc(-c4ccccn4)cc(-c4ccccc4C#N)c3=O)c2)CC1. The number of nitriles is 1. The van der Waals surface area contributed by atoms with E-state index in [1.807, 2.05) is 53.4 Å². The summed E-state index contributed by atoms with van der Waals surface area (Å²) in [6, 6.07) is 24.1. The smallest absolute Gasteiger partial charge is 0.263 e. The third kappa shape index (κ3) is 5.14. The Labute approximate surface area is 215 Å². The summed E-state index contributed by atoms with van der Waals surface area (Å²) in [7, 11) is 0. The first kappa shape index (κ1) is 24.0. The van der Waals surface area contributed by atoms with Gasteiger partial charge in [0.2, 0.25) is 5.91 Å². The van der Waals surface area contributed by atoms with Crippen LogP contribution in [0.2, 0.25) is 0 Å². The van der Waals surface area contributed by atoms with E-state index >= 15 is 0 Å². The molecule has 3 heterocycles. The van der Waals surface area contributed by atoms with E-state index in [1.165, 1.54) is 0 Å². The number of benzene rings is 2. The first-order valence-corrected chi connectivity index (χ1v) is 12.2. The highest BCUT2D eigenvalue weighted by Gasteiger charge is 2.22. The van der Waals surface area contributed by atoms with Gasteiger partial charge in [0.15, 0.2) is 0 Å². The fraction of sp³-hybridized carbons (Fsp3) is 0.200. The first-order valence-electron chi connectivity index (χ1n) is 12.2. The van der Waals surface area contributed by atoms with Gasteiger partial charge < -0.3 is 9.64 Å². The monoisotopic (exact) mass is 490 g/mol. The Hall–Kier alpha value is -4.70. The maximum absolute atomic E-state index is 13.8. The molecule has 1 saturated heterocycles. The number of carbonyl (C=O) groups excluding carboxylic acids is 1. The molecule has 5 rings (SSSR count). The number of pyridine rings is 2. The van der Waals surface area contributed by atoms with Crippen molar-refractivity contribution in [2.75, 3.05) is 13.1 Å². The summed E-state index contributed by atoms with van der Waals surface area (Å²) in [5.41, 5.74) is 3.31. The minimum absolute atomic E-state index is 0.000455. The van der Waals surface area contributed by atoms with Crippen molar-refractivity contribution < 1.29 is 9.53 Å². The van der Waals surface area contributed by atoms with Gasteiger partial charge >= 0.3 is 0 Å². The second-order valence-electron chi connectivity index (χ2n) is 9.01. The average Bonchev–Trinajstić information content (AvgIpc) is 2.94. The zero-order valence-corrected chi connectivity index (χ0v) is 20.5. The highest BCUT2D eigenvalue weighted by molar-refractivity contribution is 5.75. The summed E-state index contributed by atoms with van der Waals surface area (Å²) in [6.45, 7) is 2.94. The fourth-order valence-corrected chi connectivity index (χ4v) is 4.64. The number of rotatable bonds is 5. The van der Waals surface area contributed by atoms with Gasteiger partial charge in [-0.25, -0.2) is 0 Å². The summed E-state index contributed by atoms with van der Waals surface area (Å²) >= 11 is 0. The van der Waals surface area contributed by atoms with Crippen molar-refractivity contribution in [2.24, 2.45) is 0 Å². The van der Waals surface area contributed by atoms with Crippen LogP contribution in [0.3, 0.4) is 0 Å². The van der Waals surface area contributed by atoms with Gasteiger partial charge in [0.1, 0.15) is 11.9 Å². The van der Waals surface area contributed by atoms with E-state index in [4.69, 9.17) is 4.74 Å². The quantitative estimate of drug-likeness (QED) is 0.400. The zero-order valence-electron chi connectivity index (χ0n) is 20.5. The van der Waals surface area contributed by atoms with E-state index in [1.54, 1.807) is 48.1 Å². The van der Waals surface area contributed by atoms with E-state index in [9.17, 15) is 14.9 Å². The predicted molar refractivity (Wildman–Crippen MR) is 141 cm³/mol. The molecule has 37 heavy (non-hydrogen) atoms. The second kappa shape index (κ2) is 10.5. The summed E-state index contributed by atoms with van der Waals surface area (Å²) in [5.74, 6) is 0.745. The van der Waals surface area contributed by atoms with Crippen molar-refractivity contribution in [1.29, 1.82) is 5.26 Å². The van der Waals surface area contributed by atoms with Crippen LogP contribution < -0.4 is 10.3 Å². The third-order valence-corrected chi connectivity index (χ3v) is 6.60. The lowest BCUT2D eigenvalue weighted by atomic mass is 9.99. The molecule has 1 aliphatic rings. The minimum Gasteiger partial charge on any atom is -0.490 e. The third-order valence-electron chi connectivity index (χ3n) is 6.60. The van der Waals surface area contributed by atoms with Crippen LogP contribution in [0.1, 0.15) is 25.3 Å². The Morgan fingerprint density at radius 2 is 1.78 bits per heavy atom. The molecule has 7 heteroatoms. The first-order chi connectivity index (χ1) is 18.0. The largest absolute Gasteiger partial charge is 0.490 e. The van der Waals surface area contributed by atoms with E-state index in [-0.39, 0.29) is 17.6 Å². The van der Waals surface area contributed by atoms with Gasteiger partial charge in [-0.05, 0) is 36.4 Å². The second-order valence-corrected chi connectivity index (χ2v) is 9.01. The number of likely N-dealkylation sites (tertiary alicyclic amines) is 1. The van der Waals surface area contributed by atoms with Gasteiger partial charge in [0, 0.05) is 68.0 Å². The molecule has 7 nitrogen and oxygen atoms in total. The van der Waals surface area contributed by atoms with Crippen molar-refractivity contribution in [3.63, 3.8) is 0 Å². The lowest BCUT2D eigenvalue weighted by Crippen LogP contribution is -2.40. The molecular formula is C30H26N4O3. The molecule has 2 aromatic heterocycles. The van der Waals surface area contributed by atoms with Crippen LogP contribution in [0.5, 0.6) is 5.75 Å². The van der Waals surface area contributed by atoms with Crippen LogP contribution in [-0.2, 0) is 4.79 Å². The molecular weight excluding hydrogens is 464 g/mol. The number of ether oxygens (including phenoxy) is 1. The van der Waals surface area contributed by atoms with Gasteiger partial charge in [-0.2, -0.15) is 5.26 Å². The van der Waals surface area contributed by atoms with E-state index in [2.05, 4.69) is 11.1 Å². The Morgan fingerprint density at radius 1 is 1.00 bits per heavy atom. The van der Waals surface area contributed by atoms with Gasteiger partial charge in [0.25, 0.3) is 5.56 Å². The van der Waals surface area contributed by atoms with Crippen molar-refractivity contribution >= 4 is 5.91 Å². The maximum Gasteiger partial charge on any atom is 0.263 e. The Bertz CT molecular complexity index is 1530. The summed E-state index contributed by atoms with van der Waals surface area (Å²) < 4.78 is 7.82. The molecule has 2 aromatic carbocycles. The summed E-state index contributed by atoms with van der Waals surface area (Å²) in [4.78, 5) is 31.7. The maximum atomic E-state index is 13.8. The number of amides is 1. The molecule has 0 unspecified atom stereocenters. The number of hydrogen-bond donors (Lipinski definition) is 0. The molecule has 0 spiro atoms. The normalized spacial score (nSPS) is 13.7. The van der Waals surface area contributed by atoms with Gasteiger partial charge in [-0.3, -0.25) is 19.1 Å². The average molecular weight is 491 g/mol. The Kier molecular flexibility index (Phi) is 6.82. The molecule has 1 fully saturated rings. The highest BCUT2D eigenvalue weighted by atomic mass is 16.5. The summed E-state index contributed by atoms with van der Waals surface area (Å²) in [6.07, 6.45) is 5.00. The van der Waals surface area contributed by atoms with Crippen LogP contribution in [0, 0.1) is 11.3 Å². The minimum atomic E-state index is -0.241. The standard InChI is InChI=1S/C30H26N4O3/c1-21(35)33-15-12-25(13-16-33)37-26-9-6-8-24(18-26)34-20-23(29-11-4-5-14-32-29)17-28(30(34)36)27-10-3-2-7-22(27)19-31/h2-11,14,17-18,20,25H,12-13,15-16H2,1H3. The van der Waals surface area contributed by atoms with Crippen LogP contribution >= 0.6 is 0 Å². The lowest BCUT2D eigenvalue weighted by molar-refractivity contribution is -0.130. The van der Waals surface area contributed by atoms with Crippen molar-refractivity contribution in [3.8, 4) is 39.9 Å². The van der Waals surface area contributed by atoms with E-state index < -0.39 is 0 Å². The number of carbonyl (C=O) groups is 1. The molecule has 1 amide bonds. The molecule has 0 atom stereocenters. The van der Waals surface area contributed by atoms with Crippen LogP contribution in [0.15, 0.2) is 90.0 Å². The van der Waals surface area contributed by atoms with E-state index in [0.717, 1.165) is 24.1 Å². The lowest BCUT2D eigenvalue weighted by Gasteiger charge is -2.31. The molecule has 0 radical (unpaired) electrons. The molecule has 1 aliphatic heterocycles. The van der Waals surface area contributed by atoms with Gasteiger partial charge in [0.05, 0.1) is 23.0 Å². The molecule has 0 aliphatic carbocycles. The van der Waals surface area contributed by atoms with Crippen molar-refractivity contribution in [2.45, 2.75) is 25.9 Å². The molecule has 0 bridgehead atoms. The predicted octanol–water partition coefficient (Wildman–Crippen LogP) is 4.83. The van der Waals surface area contributed by atoms with Gasteiger partial charge in [-0.1, -0.05) is 30.3 Å². The van der Waals surface area contributed by atoms with Gasteiger partial charge in [-0.15, -0.1) is 0 Å². The molecule has 0 N–H and O–H groups in total. The van der Waals surface area contributed by atoms with Crippen LogP contribution in [-0.4, -0.2) is 39.6 Å².